The second-order valence-electron chi connectivity index (χ2n) is 7.86. The van der Waals surface area contributed by atoms with Gasteiger partial charge < -0.3 is 10.2 Å². The monoisotopic (exact) mass is 482 g/mol. The predicted molar refractivity (Wildman–Crippen MR) is 142 cm³/mol. The molecule has 6 heteroatoms. The normalized spacial score (nSPS) is 11.8. The van der Waals surface area contributed by atoms with Crippen molar-refractivity contribution in [2.75, 3.05) is 26.2 Å². The molecule has 0 radical (unpaired) electrons. The fraction of sp³-hybridized carbons (Fsp3) is 0.462. The summed E-state index contributed by atoms with van der Waals surface area (Å²) in [6.07, 6.45) is 0. The summed E-state index contributed by atoms with van der Waals surface area (Å²) in [4.78, 5) is 4.57. The molecule has 0 bridgehead atoms. The van der Waals surface area contributed by atoms with Crippen LogP contribution in [0, 0.1) is 0 Å². The van der Waals surface area contributed by atoms with Crippen LogP contribution in [-0.2, 0) is 13.1 Å². The lowest BCUT2D eigenvalue weighted by molar-refractivity contribution is 0.291. The van der Waals surface area contributed by atoms with Gasteiger partial charge in [-0.25, -0.2) is 0 Å². The van der Waals surface area contributed by atoms with Crippen LogP contribution in [0.3, 0.4) is 0 Å². The Morgan fingerprint density at radius 1 is 0.625 bits per heavy atom. The summed E-state index contributed by atoms with van der Waals surface area (Å²) in [6.45, 7) is 18.0. The van der Waals surface area contributed by atoms with Gasteiger partial charge in [0.2, 0.25) is 0 Å². The standard InChI is InChI=1S/C26H38N2O2.2ClH/c1-7-27(8-2)17-23-13-11-21(15-25(23)29)19(5)20(6)22-12-14-24(26(30)16-22)18-28(9-3)10-4;;/h11-16,29-30H,7-10,17-18H2,1-6H3;2*1H/b20-19-;;. The maximum Gasteiger partial charge on any atom is 0.120 e. The molecular formula is C26H40Cl2N2O2. The molecule has 0 unspecified atom stereocenters. The maximum absolute atomic E-state index is 10.5. The van der Waals surface area contributed by atoms with Crippen molar-refractivity contribution in [3.63, 3.8) is 0 Å². The van der Waals surface area contributed by atoms with Gasteiger partial charge >= 0.3 is 0 Å². The highest BCUT2D eigenvalue weighted by Crippen LogP contribution is 2.32. The molecule has 0 amide bonds. The Kier molecular flexibility index (Phi) is 13.7. The Morgan fingerprint density at radius 3 is 1.19 bits per heavy atom. The summed E-state index contributed by atoms with van der Waals surface area (Å²) in [5.74, 6) is 0.674. The molecule has 0 saturated heterocycles. The van der Waals surface area contributed by atoms with Gasteiger partial charge in [-0.05, 0) is 74.4 Å². The molecule has 2 N–H and O–H groups in total. The van der Waals surface area contributed by atoms with Gasteiger partial charge in [-0.3, -0.25) is 9.80 Å². The minimum absolute atomic E-state index is 0. The first-order chi connectivity index (χ1) is 14.3. The van der Waals surface area contributed by atoms with E-state index in [1.54, 1.807) is 0 Å². The number of phenolic OH excluding ortho intramolecular Hbond substituents is 2. The van der Waals surface area contributed by atoms with Crippen LogP contribution in [-0.4, -0.2) is 46.2 Å². The number of hydrogen-bond acceptors (Lipinski definition) is 4. The van der Waals surface area contributed by atoms with E-state index in [-0.39, 0.29) is 24.8 Å². The fourth-order valence-electron chi connectivity index (χ4n) is 3.67. The molecule has 180 valence electrons. The van der Waals surface area contributed by atoms with Gasteiger partial charge in [-0.15, -0.1) is 24.8 Å². The quantitative estimate of drug-likeness (QED) is 0.375. The van der Waals surface area contributed by atoms with E-state index in [9.17, 15) is 10.2 Å². The number of phenols is 2. The molecule has 32 heavy (non-hydrogen) atoms. The van der Waals surface area contributed by atoms with Crippen molar-refractivity contribution >= 4 is 36.0 Å². The number of halogens is 2. The predicted octanol–water partition coefficient (Wildman–Crippen LogP) is 6.58. The summed E-state index contributed by atoms with van der Waals surface area (Å²) in [6, 6.07) is 11.9. The van der Waals surface area contributed by atoms with Crippen molar-refractivity contribution in [1.29, 1.82) is 0 Å². The van der Waals surface area contributed by atoms with Gasteiger partial charge in [0, 0.05) is 24.2 Å². The largest absolute Gasteiger partial charge is 0.508 e. The van der Waals surface area contributed by atoms with E-state index in [0.29, 0.717) is 11.5 Å². The van der Waals surface area contributed by atoms with E-state index in [1.807, 2.05) is 24.3 Å². The van der Waals surface area contributed by atoms with Crippen molar-refractivity contribution in [1.82, 2.24) is 9.80 Å². The average Bonchev–Trinajstić information content (AvgIpc) is 2.76. The third kappa shape index (κ3) is 7.70. The smallest absolute Gasteiger partial charge is 0.120 e. The van der Waals surface area contributed by atoms with Crippen molar-refractivity contribution in [2.45, 2.75) is 54.6 Å². The molecule has 0 aliphatic rings. The molecule has 0 atom stereocenters. The van der Waals surface area contributed by atoms with E-state index >= 15 is 0 Å². The zero-order valence-corrected chi connectivity index (χ0v) is 21.9. The summed E-state index contributed by atoms with van der Waals surface area (Å²) in [5.41, 5.74) is 6.09. The fourth-order valence-corrected chi connectivity index (χ4v) is 3.67. The van der Waals surface area contributed by atoms with E-state index < -0.39 is 0 Å². The SMILES string of the molecule is CCN(CC)Cc1ccc(/C(C)=C(/C)c2ccc(CN(CC)CC)c(O)c2)cc1O.Cl.Cl. The summed E-state index contributed by atoms with van der Waals surface area (Å²) in [7, 11) is 0. The number of allylic oxidation sites excluding steroid dienone is 2. The summed E-state index contributed by atoms with van der Waals surface area (Å²) < 4.78 is 0. The molecule has 4 nitrogen and oxygen atoms in total. The Balaban J connectivity index is 0.00000480. The molecule has 2 rings (SSSR count). The van der Waals surface area contributed by atoms with Gasteiger partial charge in [0.1, 0.15) is 11.5 Å². The van der Waals surface area contributed by atoms with Crippen LogP contribution >= 0.6 is 24.8 Å². The Hall–Kier alpha value is -1.72. The highest BCUT2D eigenvalue weighted by Gasteiger charge is 2.12. The minimum Gasteiger partial charge on any atom is -0.508 e. The number of rotatable bonds is 10. The Labute approximate surface area is 206 Å². The topological polar surface area (TPSA) is 46.9 Å². The third-order valence-electron chi connectivity index (χ3n) is 6.18. The second-order valence-corrected chi connectivity index (χ2v) is 7.86. The second kappa shape index (κ2) is 14.4. The van der Waals surface area contributed by atoms with Gasteiger partial charge in [-0.1, -0.05) is 52.0 Å². The van der Waals surface area contributed by atoms with Crippen LogP contribution in [0.5, 0.6) is 11.5 Å². The Bertz CT molecular complexity index is 805. The van der Waals surface area contributed by atoms with Crippen molar-refractivity contribution in [2.24, 2.45) is 0 Å². The molecule has 0 spiro atoms. The molecule has 0 aliphatic carbocycles. The molecule has 2 aromatic carbocycles. The minimum atomic E-state index is 0. The molecule has 2 aromatic rings. The van der Waals surface area contributed by atoms with E-state index in [1.165, 1.54) is 0 Å². The lowest BCUT2D eigenvalue weighted by Crippen LogP contribution is -2.22. The zero-order chi connectivity index (χ0) is 22.3. The first-order valence-electron chi connectivity index (χ1n) is 11.1. The average molecular weight is 484 g/mol. The highest BCUT2D eigenvalue weighted by atomic mass is 35.5. The lowest BCUT2D eigenvalue weighted by Gasteiger charge is -2.20. The van der Waals surface area contributed by atoms with Crippen LogP contribution in [0.2, 0.25) is 0 Å². The number of benzene rings is 2. The van der Waals surface area contributed by atoms with Crippen molar-refractivity contribution in [3.05, 3.63) is 58.7 Å². The van der Waals surface area contributed by atoms with E-state index in [2.05, 4.69) is 63.5 Å². The maximum atomic E-state index is 10.5. The molecule has 0 heterocycles. The van der Waals surface area contributed by atoms with Crippen LogP contribution in [0.1, 0.15) is 63.8 Å². The molecule has 0 aromatic heterocycles. The highest BCUT2D eigenvalue weighted by molar-refractivity contribution is 5.89. The lowest BCUT2D eigenvalue weighted by atomic mass is 9.95. The van der Waals surface area contributed by atoms with Crippen molar-refractivity contribution < 1.29 is 10.2 Å². The van der Waals surface area contributed by atoms with Crippen LogP contribution < -0.4 is 0 Å². The van der Waals surface area contributed by atoms with E-state index in [4.69, 9.17) is 0 Å². The van der Waals surface area contributed by atoms with Crippen LogP contribution in [0.4, 0.5) is 0 Å². The van der Waals surface area contributed by atoms with Crippen LogP contribution in [0.25, 0.3) is 11.1 Å². The molecule has 0 fully saturated rings. The number of aromatic hydroxyl groups is 2. The molecule has 0 saturated carbocycles. The van der Waals surface area contributed by atoms with Gasteiger partial charge in [0.15, 0.2) is 0 Å². The van der Waals surface area contributed by atoms with Crippen molar-refractivity contribution in [3.8, 4) is 11.5 Å². The summed E-state index contributed by atoms with van der Waals surface area (Å²) >= 11 is 0. The number of nitrogens with zero attached hydrogens (tertiary/aromatic N) is 2. The van der Waals surface area contributed by atoms with Gasteiger partial charge in [0.05, 0.1) is 0 Å². The summed E-state index contributed by atoms with van der Waals surface area (Å²) in [5, 5.41) is 21.1. The third-order valence-corrected chi connectivity index (χ3v) is 6.18. The first kappa shape index (κ1) is 30.3. The van der Waals surface area contributed by atoms with Gasteiger partial charge in [0.25, 0.3) is 0 Å². The zero-order valence-electron chi connectivity index (χ0n) is 20.3. The first-order valence-corrected chi connectivity index (χ1v) is 11.1. The Morgan fingerprint density at radius 2 is 0.938 bits per heavy atom. The van der Waals surface area contributed by atoms with Crippen LogP contribution in [0.15, 0.2) is 36.4 Å². The van der Waals surface area contributed by atoms with Gasteiger partial charge in [-0.2, -0.15) is 0 Å². The number of hydrogen-bond donors (Lipinski definition) is 2. The molecule has 0 aliphatic heterocycles. The van der Waals surface area contributed by atoms with E-state index in [0.717, 1.165) is 72.7 Å². The molecular weight excluding hydrogens is 443 g/mol.